The van der Waals surface area contributed by atoms with Crippen molar-refractivity contribution in [2.24, 2.45) is 21.1 Å². The third-order valence-electron chi connectivity index (χ3n) is 21.9. The molecule has 0 bridgehead atoms. The lowest BCUT2D eigenvalue weighted by Crippen LogP contribution is -2.54. The number of nitrogens with one attached hydrogen (secondary N) is 11. The lowest BCUT2D eigenvalue weighted by Gasteiger charge is -2.37. The normalized spacial score (nSPS) is 17.8. The second-order valence-electron chi connectivity index (χ2n) is 30.2. The summed E-state index contributed by atoms with van der Waals surface area (Å²) in [6.07, 6.45) is 0. The van der Waals surface area contributed by atoms with Gasteiger partial charge in [0, 0.05) is 238 Å². The molecule has 14 aromatic rings. The van der Waals surface area contributed by atoms with Gasteiger partial charge in [0.25, 0.3) is 0 Å². The number of rotatable bonds is 7. The molecule has 0 spiro atoms. The molecular formula is C82H97Cl2F2N21O14. The highest BCUT2D eigenvalue weighted by atomic mass is 35.5. The van der Waals surface area contributed by atoms with Crippen molar-refractivity contribution in [3.63, 3.8) is 0 Å². The van der Waals surface area contributed by atoms with Crippen LogP contribution in [0.25, 0.3) is 77.7 Å². The molecule has 7 aliphatic rings. The minimum Gasteiger partial charge on any atom is -0.406 e. The van der Waals surface area contributed by atoms with Crippen molar-refractivity contribution in [1.82, 2.24) is 70.9 Å². The molecule has 7 aromatic carbocycles. The maximum atomic E-state index is 13.6. The maximum absolute atomic E-state index is 13.6. The van der Waals surface area contributed by atoms with Crippen molar-refractivity contribution >= 4 is 141 Å². The number of H-pyrrole nitrogens is 4. The van der Waals surface area contributed by atoms with E-state index in [2.05, 4.69) is 95.5 Å². The van der Waals surface area contributed by atoms with Gasteiger partial charge < -0.3 is 102 Å². The summed E-state index contributed by atoms with van der Waals surface area (Å²) in [4.78, 5) is 105. The van der Waals surface area contributed by atoms with Crippen molar-refractivity contribution in [3.8, 4) is 0 Å². The highest BCUT2D eigenvalue weighted by Crippen LogP contribution is 2.35. The van der Waals surface area contributed by atoms with Crippen LogP contribution in [-0.2, 0) is 21.1 Å². The van der Waals surface area contributed by atoms with E-state index in [0.717, 1.165) is 221 Å². The van der Waals surface area contributed by atoms with E-state index in [1.807, 2.05) is 76.5 Å². The molecule has 0 amide bonds. The van der Waals surface area contributed by atoms with Gasteiger partial charge in [-0.25, -0.2) is 42.3 Å². The summed E-state index contributed by atoms with van der Waals surface area (Å²) in [6.45, 7) is 27.4. The van der Waals surface area contributed by atoms with Gasteiger partial charge in [0.2, 0.25) is 0 Å². The van der Waals surface area contributed by atoms with Crippen molar-refractivity contribution in [2.45, 2.75) is 25.9 Å². The Labute approximate surface area is 698 Å². The van der Waals surface area contributed by atoms with Crippen LogP contribution in [0.15, 0.2) is 168 Å². The van der Waals surface area contributed by atoms with Crippen LogP contribution in [0.1, 0.15) is 13.8 Å². The number of para-hydroxylation sites is 3. The Balaban J connectivity index is 0.000000110. The van der Waals surface area contributed by atoms with Gasteiger partial charge in [-0.2, -0.15) is 0 Å². The number of aromatic nitrogens is 7. The Morgan fingerprint density at radius 3 is 0.992 bits per heavy atom. The summed E-state index contributed by atoms with van der Waals surface area (Å²) < 4.78 is 68.0. The quantitative estimate of drug-likeness (QED) is 0.0857. The van der Waals surface area contributed by atoms with Crippen LogP contribution in [0, 0.1) is 11.6 Å². The average Bonchev–Trinajstić information content (AvgIpc) is 1.64. The van der Waals surface area contributed by atoms with E-state index in [0.29, 0.717) is 89.1 Å². The molecule has 21 rings (SSSR count). The van der Waals surface area contributed by atoms with Gasteiger partial charge in [0.1, 0.15) is 11.6 Å². The number of oxazole rings is 7. The molecule has 2 atom stereocenters. The fourth-order valence-corrected chi connectivity index (χ4v) is 16.5. The highest BCUT2D eigenvalue weighted by Gasteiger charge is 2.27. The van der Waals surface area contributed by atoms with E-state index >= 15 is 0 Å². The molecule has 39 heteroatoms. The topological polar surface area (TPSA) is 396 Å². The van der Waals surface area contributed by atoms with E-state index in [1.54, 1.807) is 37.8 Å². The summed E-state index contributed by atoms with van der Waals surface area (Å²) in [5.41, 5.74) is 14.9. The van der Waals surface area contributed by atoms with Crippen LogP contribution < -0.4 is 112 Å². The highest BCUT2D eigenvalue weighted by molar-refractivity contribution is 6.32. The molecule has 0 radical (unpaired) electrons. The Bertz CT molecular complexity index is 6160. The van der Waals surface area contributed by atoms with Gasteiger partial charge in [-0.05, 0) is 74.5 Å². The van der Waals surface area contributed by atoms with E-state index in [4.69, 9.17) is 54.1 Å². The molecule has 7 aliphatic heterocycles. The minimum atomic E-state index is -0.554. The van der Waals surface area contributed by atoms with Crippen LogP contribution in [-0.4, -0.2) is 216 Å². The summed E-state index contributed by atoms with van der Waals surface area (Å²) in [5.74, 6) is -3.64. The smallest absolute Gasteiger partial charge is 0.406 e. The number of benzene rings is 7. The van der Waals surface area contributed by atoms with Crippen molar-refractivity contribution in [3.05, 3.63) is 199 Å². The molecule has 7 fully saturated rings. The minimum absolute atomic E-state index is 0.303. The van der Waals surface area contributed by atoms with Gasteiger partial charge in [-0.15, -0.1) is 0 Å². The number of aromatic amines is 4. The first-order valence-electron chi connectivity index (χ1n) is 40.4. The van der Waals surface area contributed by atoms with Crippen LogP contribution in [0.3, 0.4) is 0 Å². The van der Waals surface area contributed by atoms with Crippen molar-refractivity contribution in [2.75, 3.05) is 204 Å². The molecule has 642 valence electrons. The summed E-state index contributed by atoms with van der Waals surface area (Å²) in [6, 6.07) is 30.9. The van der Waals surface area contributed by atoms with Gasteiger partial charge in [0.15, 0.2) is 39.1 Å². The van der Waals surface area contributed by atoms with E-state index in [9.17, 15) is 42.3 Å². The lowest BCUT2D eigenvalue weighted by molar-refractivity contribution is 0.406. The van der Waals surface area contributed by atoms with Gasteiger partial charge in [-0.3, -0.25) is 33.6 Å². The molecule has 0 aliphatic carbocycles. The van der Waals surface area contributed by atoms with Crippen molar-refractivity contribution < 1.29 is 39.7 Å². The molecule has 7 saturated heterocycles. The summed E-state index contributed by atoms with van der Waals surface area (Å²) in [7, 11) is 5.00. The zero-order valence-corrected chi connectivity index (χ0v) is 69.1. The fourth-order valence-electron chi connectivity index (χ4n) is 16.1. The Kier molecular flexibility index (Phi) is 26.4. The third-order valence-corrected chi connectivity index (χ3v) is 22.3. The molecular weight excluding hydrogens is 1610 g/mol. The number of anilines is 7. The SMILES string of the molecule is C[C@@H]1CN(c2cccc3[nH]c(=O)oc23)C[C@H](C)N1.Cn1c(=O)oc2c(N3CCNCC3)cc(Cl)cc21.Cn1c(=O)oc2c(N3CCNCC3)cc(F)cc21.Cn1c(=O)oc2c(N3CCNCC3)cccc21.O=c1[nH]c2cc(Cl)cc(N3CCNCC3)c2o1.O=c1[nH]c2cc(F)cc(N3CCNCC3)c2o1.O=c1[nH]c2cccc(N3CCNCC3)c2o1. The van der Waals surface area contributed by atoms with Crippen LogP contribution in [0.2, 0.25) is 10.0 Å². The van der Waals surface area contributed by atoms with E-state index < -0.39 is 28.8 Å². The first kappa shape index (κ1) is 84.2. The van der Waals surface area contributed by atoms with E-state index in [1.165, 1.54) is 33.4 Å². The zero-order chi connectivity index (χ0) is 84.5. The monoisotopic (exact) mass is 1710 g/mol. The molecule has 14 heterocycles. The first-order valence-corrected chi connectivity index (χ1v) is 41.1. The second-order valence-corrected chi connectivity index (χ2v) is 31.1. The lowest BCUT2D eigenvalue weighted by atomic mass is 10.1. The van der Waals surface area contributed by atoms with Crippen LogP contribution in [0.4, 0.5) is 48.6 Å². The molecule has 11 N–H and O–H groups in total. The molecule has 0 saturated carbocycles. The maximum Gasteiger partial charge on any atom is 0.419 e. The Morgan fingerprint density at radius 2 is 0.587 bits per heavy atom. The van der Waals surface area contributed by atoms with Gasteiger partial charge >= 0.3 is 40.3 Å². The standard InChI is InChI=1S/C13H17N3O2.C12H14ClN3O2.C12H14FN3O2.C12H15N3O2.C11H12ClN3O2.C11H12FN3O2.C11H13N3O2/c1-8-6-16(7-9(2)14-8)11-5-3-4-10-12(11)18-13(17)15-10;2*1-15-9-6-8(13)7-10(11(9)18-12(15)17)16-4-2-14-3-5-16;1-14-9-3-2-4-10(11(9)17-12(14)16)15-7-5-13-6-8-15;2*12-7-5-8-10(17-11(16)14-8)9(6-7)15-3-1-13-2-4-15;15-11-13-8-2-1-3-9(10(8)16-11)14-6-4-12-5-7-14/h3-5,8-9,14H,6-7H2,1-2H3,(H,15,17);2*6-7,14H,2-5H2,1H3;2-4,13H,5-8H2,1H3;2*5-6,13H,1-4H2,(H,14,16);1-3,12H,4-7H2,(H,13,15)/t8-,9+;;;;;;. The Hall–Kier alpha value is -11.8. The molecule has 35 nitrogen and oxygen atoms in total. The largest absolute Gasteiger partial charge is 0.419 e. The van der Waals surface area contributed by atoms with Crippen LogP contribution in [0.5, 0.6) is 0 Å². The number of hydrogen-bond acceptors (Lipinski definition) is 28. The molecule has 0 unspecified atom stereocenters. The molecule has 121 heavy (non-hydrogen) atoms. The molecule has 7 aromatic heterocycles. The fraction of sp³-hybridized carbons (Fsp3) is 0.402. The van der Waals surface area contributed by atoms with E-state index in [-0.39, 0.29) is 23.1 Å². The predicted molar refractivity (Wildman–Crippen MR) is 466 cm³/mol. The second kappa shape index (κ2) is 37.9. The van der Waals surface area contributed by atoms with Gasteiger partial charge in [-0.1, -0.05) is 41.4 Å². The summed E-state index contributed by atoms with van der Waals surface area (Å²) >= 11 is 12.2. The van der Waals surface area contributed by atoms with Crippen LogP contribution >= 0.6 is 23.2 Å². The number of hydrogen-bond donors (Lipinski definition) is 11. The number of aryl methyl sites for hydroxylation is 3. The third kappa shape index (κ3) is 19.5. The van der Waals surface area contributed by atoms with Gasteiger partial charge in [0.05, 0.1) is 78.4 Å². The summed E-state index contributed by atoms with van der Waals surface area (Å²) in [5, 5.41) is 24.3. The number of fused-ring (bicyclic) bond motifs is 7. The number of nitrogens with zero attached hydrogens (tertiary/aromatic N) is 10. The number of halogens is 4. The number of piperazine rings is 7. The predicted octanol–water partition coefficient (Wildman–Crippen LogP) is 6.11. The zero-order valence-electron chi connectivity index (χ0n) is 67.6. The first-order chi connectivity index (χ1) is 58.5. The van der Waals surface area contributed by atoms with Crippen molar-refractivity contribution in [1.29, 1.82) is 0 Å². The Morgan fingerprint density at radius 1 is 0.306 bits per heavy atom. The average molecular weight is 1710 g/mol.